The predicted octanol–water partition coefficient (Wildman–Crippen LogP) is 2.73. The lowest BCUT2D eigenvalue weighted by Gasteiger charge is -2.10. The third-order valence-corrected chi connectivity index (χ3v) is 2.80. The molecule has 96 valence electrons. The van der Waals surface area contributed by atoms with E-state index >= 15 is 0 Å². The van der Waals surface area contributed by atoms with Crippen LogP contribution in [0.4, 0.5) is 0 Å². The highest BCUT2D eigenvalue weighted by Crippen LogP contribution is 2.17. The summed E-state index contributed by atoms with van der Waals surface area (Å²) < 4.78 is 10.4. The van der Waals surface area contributed by atoms with Crippen LogP contribution in [0.3, 0.4) is 0 Å². The van der Waals surface area contributed by atoms with E-state index in [9.17, 15) is 4.79 Å². The zero-order valence-corrected chi connectivity index (χ0v) is 10.3. The van der Waals surface area contributed by atoms with E-state index in [1.54, 1.807) is 19.3 Å². The van der Waals surface area contributed by atoms with Gasteiger partial charge in [-0.3, -0.25) is 0 Å². The molecule has 0 saturated heterocycles. The molecule has 0 amide bonds. The second kappa shape index (κ2) is 5.10. The van der Waals surface area contributed by atoms with Crippen LogP contribution in [0, 0.1) is 6.92 Å². The molecule has 0 saturated carbocycles. The van der Waals surface area contributed by atoms with Gasteiger partial charge in [0.2, 0.25) is 5.76 Å². The highest BCUT2D eigenvalue weighted by molar-refractivity contribution is 5.84. The zero-order valence-electron chi connectivity index (χ0n) is 10.3. The number of rotatable bonds is 5. The van der Waals surface area contributed by atoms with Crippen LogP contribution in [0.5, 0.6) is 0 Å². The molecular formula is C13H15NO4. The van der Waals surface area contributed by atoms with E-state index in [0.29, 0.717) is 12.3 Å². The normalized spacial score (nSPS) is 12.6. The van der Waals surface area contributed by atoms with E-state index < -0.39 is 5.97 Å². The summed E-state index contributed by atoms with van der Waals surface area (Å²) in [6, 6.07) is 5.32. The summed E-state index contributed by atoms with van der Waals surface area (Å²) in [4.78, 5) is 10.8. The minimum absolute atomic E-state index is 0.0325. The summed E-state index contributed by atoms with van der Waals surface area (Å²) in [5.41, 5.74) is 0.839. The molecule has 0 spiro atoms. The number of aromatic carboxylic acids is 1. The van der Waals surface area contributed by atoms with Gasteiger partial charge in [0.15, 0.2) is 0 Å². The van der Waals surface area contributed by atoms with Crippen molar-refractivity contribution in [1.29, 1.82) is 0 Å². The van der Waals surface area contributed by atoms with E-state index in [0.717, 1.165) is 11.3 Å². The van der Waals surface area contributed by atoms with Crippen LogP contribution >= 0.6 is 0 Å². The Morgan fingerprint density at radius 3 is 2.89 bits per heavy atom. The van der Waals surface area contributed by atoms with E-state index in [4.69, 9.17) is 13.9 Å². The second-order valence-corrected chi connectivity index (χ2v) is 4.12. The molecule has 2 N–H and O–H groups in total. The summed E-state index contributed by atoms with van der Waals surface area (Å²) >= 11 is 0. The first-order valence-electron chi connectivity index (χ1n) is 5.67. The number of carboxylic acid groups (broad SMARTS) is 1. The summed E-state index contributed by atoms with van der Waals surface area (Å²) in [6.45, 7) is 4.26. The first kappa shape index (κ1) is 12.4. The van der Waals surface area contributed by atoms with Crippen LogP contribution in [-0.4, -0.2) is 11.1 Å². The fraction of sp³-hybridized carbons (Fsp3) is 0.308. The van der Waals surface area contributed by atoms with Crippen molar-refractivity contribution in [3.05, 3.63) is 47.3 Å². The summed E-state index contributed by atoms with van der Waals surface area (Å²) in [7, 11) is 0. The van der Waals surface area contributed by atoms with Crippen molar-refractivity contribution in [3.63, 3.8) is 0 Å². The van der Waals surface area contributed by atoms with Crippen molar-refractivity contribution in [2.75, 3.05) is 0 Å². The lowest BCUT2D eigenvalue weighted by molar-refractivity contribution is 0.0661. The minimum atomic E-state index is -1.05. The maximum Gasteiger partial charge on any atom is 0.371 e. The van der Waals surface area contributed by atoms with Gasteiger partial charge < -0.3 is 19.3 Å². The van der Waals surface area contributed by atoms with Gasteiger partial charge in [0.25, 0.3) is 0 Å². The lowest BCUT2D eigenvalue weighted by atomic mass is 10.2. The highest BCUT2D eigenvalue weighted by Gasteiger charge is 2.14. The fourth-order valence-electron chi connectivity index (χ4n) is 1.70. The van der Waals surface area contributed by atoms with E-state index in [-0.39, 0.29) is 11.8 Å². The molecule has 0 aromatic carbocycles. The van der Waals surface area contributed by atoms with Gasteiger partial charge in [0, 0.05) is 12.1 Å². The quantitative estimate of drug-likeness (QED) is 0.852. The average molecular weight is 249 g/mol. The smallest absolute Gasteiger partial charge is 0.371 e. The van der Waals surface area contributed by atoms with Gasteiger partial charge in [-0.1, -0.05) is 0 Å². The zero-order chi connectivity index (χ0) is 13.1. The third kappa shape index (κ3) is 2.62. The number of carbonyl (C=O) groups is 1. The van der Waals surface area contributed by atoms with Gasteiger partial charge in [0.05, 0.1) is 12.3 Å². The molecule has 1 atom stereocenters. The number of aryl methyl sites for hydroxylation is 1. The average Bonchev–Trinajstić information content (AvgIpc) is 2.95. The van der Waals surface area contributed by atoms with Crippen molar-refractivity contribution in [3.8, 4) is 0 Å². The molecule has 0 aliphatic carbocycles. The van der Waals surface area contributed by atoms with Gasteiger partial charge in [0.1, 0.15) is 11.5 Å². The monoisotopic (exact) mass is 249 g/mol. The molecule has 2 heterocycles. The second-order valence-electron chi connectivity index (χ2n) is 4.12. The van der Waals surface area contributed by atoms with Crippen molar-refractivity contribution < 1.29 is 18.7 Å². The highest BCUT2D eigenvalue weighted by atomic mass is 16.4. The molecule has 5 heteroatoms. The number of hydrogen-bond acceptors (Lipinski definition) is 4. The lowest BCUT2D eigenvalue weighted by Crippen LogP contribution is -2.17. The molecule has 0 aliphatic heterocycles. The van der Waals surface area contributed by atoms with Crippen molar-refractivity contribution in [2.45, 2.75) is 26.4 Å². The topological polar surface area (TPSA) is 75.6 Å². The van der Waals surface area contributed by atoms with Gasteiger partial charge in [-0.05, 0) is 32.0 Å². The molecule has 5 nitrogen and oxygen atoms in total. The molecule has 2 rings (SSSR count). The Balaban J connectivity index is 2.00. The van der Waals surface area contributed by atoms with Crippen LogP contribution in [0.1, 0.15) is 40.6 Å². The van der Waals surface area contributed by atoms with E-state index in [1.165, 1.54) is 0 Å². The van der Waals surface area contributed by atoms with Gasteiger partial charge in [-0.15, -0.1) is 0 Å². The maximum absolute atomic E-state index is 10.8. The van der Waals surface area contributed by atoms with Gasteiger partial charge >= 0.3 is 5.97 Å². The molecule has 2 aromatic rings. The molecule has 2 aromatic heterocycles. The Morgan fingerprint density at radius 1 is 1.56 bits per heavy atom. The first-order chi connectivity index (χ1) is 8.58. The number of furan rings is 2. The summed E-state index contributed by atoms with van der Waals surface area (Å²) in [5, 5.41) is 12.1. The Kier molecular flexibility index (Phi) is 3.53. The number of carboxylic acids is 1. The SMILES string of the molecule is Cc1oc(C(=O)O)cc1CNC(C)c1ccco1. The Hall–Kier alpha value is -2.01. The van der Waals surface area contributed by atoms with Crippen LogP contribution in [-0.2, 0) is 6.54 Å². The van der Waals surface area contributed by atoms with Gasteiger partial charge in [-0.25, -0.2) is 4.79 Å². The molecule has 0 aliphatic rings. The van der Waals surface area contributed by atoms with Crippen LogP contribution < -0.4 is 5.32 Å². The Morgan fingerprint density at radius 2 is 2.33 bits per heavy atom. The predicted molar refractivity (Wildman–Crippen MR) is 64.4 cm³/mol. The first-order valence-corrected chi connectivity index (χ1v) is 5.67. The molecule has 0 radical (unpaired) electrons. The molecular weight excluding hydrogens is 234 g/mol. The minimum Gasteiger partial charge on any atom is -0.475 e. The molecule has 1 unspecified atom stereocenters. The van der Waals surface area contributed by atoms with Crippen molar-refractivity contribution >= 4 is 5.97 Å². The van der Waals surface area contributed by atoms with Crippen molar-refractivity contribution in [1.82, 2.24) is 5.32 Å². The number of hydrogen-bond donors (Lipinski definition) is 2. The molecule has 0 fully saturated rings. The third-order valence-electron chi connectivity index (χ3n) is 2.80. The van der Waals surface area contributed by atoms with Crippen LogP contribution in [0.15, 0.2) is 33.3 Å². The van der Waals surface area contributed by atoms with E-state index in [1.807, 2.05) is 19.1 Å². The molecule has 18 heavy (non-hydrogen) atoms. The van der Waals surface area contributed by atoms with Crippen LogP contribution in [0.25, 0.3) is 0 Å². The van der Waals surface area contributed by atoms with Gasteiger partial charge in [-0.2, -0.15) is 0 Å². The largest absolute Gasteiger partial charge is 0.475 e. The molecule has 0 bridgehead atoms. The maximum atomic E-state index is 10.8. The van der Waals surface area contributed by atoms with Crippen LogP contribution in [0.2, 0.25) is 0 Å². The summed E-state index contributed by atoms with van der Waals surface area (Å²) in [6.07, 6.45) is 1.62. The fourth-order valence-corrected chi connectivity index (χ4v) is 1.70. The Bertz CT molecular complexity index is 527. The number of nitrogens with one attached hydrogen (secondary N) is 1. The Labute approximate surface area is 104 Å². The van der Waals surface area contributed by atoms with Crippen molar-refractivity contribution in [2.24, 2.45) is 0 Å². The standard InChI is InChI=1S/C13H15NO4/c1-8(11-4-3-5-17-11)14-7-10-6-12(13(15)16)18-9(10)2/h3-6,8,14H,7H2,1-2H3,(H,15,16). The summed E-state index contributed by atoms with van der Waals surface area (Å²) in [5.74, 6) is 0.375. The van der Waals surface area contributed by atoms with E-state index in [2.05, 4.69) is 5.32 Å².